The Morgan fingerprint density at radius 3 is 2.54 bits per heavy atom. The van der Waals surface area contributed by atoms with Gasteiger partial charge in [0.1, 0.15) is 25.0 Å². The van der Waals surface area contributed by atoms with Crippen molar-refractivity contribution in [3.8, 4) is 5.75 Å². The molecule has 0 aliphatic rings. The second-order valence-electron chi connectivity index (χ2n) is 7.45. The van der Waals surface area contributed by atoms with Crippen LogP contribution in [0.2, 0.25) is 0 Å². The van der Waals surface area contributed by atoms with E-state index < -0.39 is 6.10 Å². The standard InChI is InChI=1S/C24H27N2O2/c1-4-25-16-26(24-12-18(3)17(2)11-23(24)25)14-21(27)15-28-22-10-9-19-7-5-6-8-20(19)13-22/h5-13,16,21,27H,4,14-15H2,1-3H3/q+1/t21-/m1/s1. The van der Waals surface area contributed by atoms with Gasteiger partial charge in [-0.25, -0.2) is 9.13 Å². The predicted molar refractivity (Wildman–Crippen MR) is 113 cm³/mol. The summed E-state index contributed by atoms with van der Waals surface area (Å²) in [4.78, 5) is 0. The molecule has 144 valence electrons. The number of ether oxygens (including phenoxy) is 1. The van der Waals surface area contributed by atoms with E-state index in [0.717, 1.165) is 23.2 Å². The topological polar surface area (TPSA) is 38.3 Å². The van der Waals surface area contributed by atoms with Crippen molar-refractivity contribution in [2.75, 3.05) is 6.61 Å². The Labute approximate surface area is 165 Å². The Morgan fingerprint density at radius 2 is 1.75 bits per heavy atom. The molecule has 0 aliphatic heterocycles. The normalized spacial score (nSPS) is 12.6. The molecule has 0 bridgehead atoms. The predicted octanol–water partition coefficient (Wildman–Crippen LogP) is 4.16. The van der Waals surface area contributed by atoms with Crippen LogP contribution < -0.4 is 9.30 Å². The molecule has 0 spiro atoms. The fraction of sp³-hybridized carbons (Fsp3) is 0.292. The highest BCUT2D eigenvalue weighted by atomic mass is 16.5. The quantitative estimate of drug-likeness (QED) is 0.514. The smallest absolute Gasteiger partial charge is 0.244 e. The summed E-state index contributed by atoms with van der Waals surface area (Å²) in [5.74, 6) is 0.783. The Balaban J connectivity index is 1.50. The summed E-state index contributed by atoms with van der Waals surface area (Å²) < 4.78 is 10.2. The van der Waals surface area contributed by atoms with Crippen molar-refractivity contribution in [3.05, 3.63) is 72.1 Å². The first-order valence-electron chi connectivity index (χ1n) is 9.84. The number of aliphatic hydroxyl groups is 1. The monoisotopic (exact) mass is 375 g/mol. The summed E-state index contributed by atoms with van der Waals surface area (Å²) in [6.45, 7) is 8.06. The number of rotatable bonds is 6. The first-order chi connectivity index (χ1) is 13.5. The van der Waals surface area contributed by atoms with E-state index in [0.29, 0.717) is 6.54 Å². The molecule has 0 unspecified atom stereocenters. The Bertz CT molecular complexity index is 1130. The van der Waals surface area contributed by atoms with Crippen LogP contribution in [0.3, 0.4) is 0 Å². The maximum absolute atomic E-state index is 10.6. The van der Waals surface area contributed by atoms with Crippen molar-refractivity contribution in [1.29, 1.82) is 0 Å². The first kappa shape index (κ1) is 18.5. The van der Waals surface area contributed by atoms with E-state index in [1.807, 2.05) is 30.3 Å². The minimum Gasteiger partial charge on any atom is -0.491 e. The van der Waals surface area contributed by atoms with Gasteiger partial charge in [-0.1, -0.05) is 30.3 Å². The molecule has 1 heterocycles. The number of benzene rings is 3. The van der Waals surface area contributed by atoms with Gasteiger partial charge in [-0.3, -0.25) is 0 Å². The zero-order chi connectivity index (χ0) is 19.7. The summed E-state index contributed by atoms with van der Waals surface area (Å²) in [7, 11) is 0. The molecule has 4 aromatic rings. The number of hydrogen-bond donors (Lipinski definition) is 1. The third kappa shape index (κ3) is 3.60. The van der Waals surface area contributed by atoms with Crippen LogP contribution in [0.15, 0.2) is 60.9 Å². The van der Waals surface area contributed by atoms with Gasteiger partial charge in [0.15, 0.2) is 11.0 Å². The van der Waals surface area contributed by atoms with Crippen molar-refractivity contribution in [3.63, 3.8) is 0 Å². The number of hydrogen-bond acceptors (Lipinski definition) is 2. The van der Waals surface area contributed by atoms with Crippen LogP contribution in [-0.4, -0.2) is 22.4 Å². The molecule has 4 rings (SSSR count). The molecule has 1 N–H and O–H groups in total. The van der Waals surface area contributed by atoms with E-state index in [1.54, 1.807) is 0 Å². The molecular weight excluding hydrogens is 348 g/mol. The Morgan fingerprint density at radius 1 is 1.00 bits per heavy atom. The van der Waals surface area contributed by atoms with E-state index in [9.17, 15) is 5.11 Å². The molecule has 0 amide bonds. The molecule has 1 aromatic heterocycles. The molecule has 0 aliphatic carbocycles. The summed E-state index contributed by atoms with van der Waals surface area (Å²) in [5, 5.41) is 12.9. The number of aryl methyl sites for hydroxylation is 3. The van der Waals surface area contributed by atoms with Crippen molar-refractivity contribution in [2.45, 2.75) is 40.0 Å². The van der Waals surface area contributed by atoms with E-state index in [-0.39, 0.29) is 6.61 Å². The molecule has 1 atom stereocenters. The first-order valence-corrected chi connectivity index (χ1v) is 9.84. The molecule has 0 saturated carbocycles. The average molecular weight is 375 g/mol. The van der Waals surface area contributed by atoms with Crippen LogP contribution in [0.25, 0.3) is 21.8 Å². The fourth-order valence-electron chi connectivity index (χ4n) is 3.67. The zero-order valence-electron chi connectivity index (χ0n) is 16.7. The third-order valence-corrected chi connectivity index (χ3v) is 5.40. The lowest BCUT2D eigenvalue weighted by atomic mass is 10.1. The van der Waals surface area contributed by atoms with Crippen LogP contribution in [0, 0.1) is 13.8 Å². The minimum atomic E-state index is -0.589. The van der Waals surface area contributed by atoms with Gasteiger partial charge >= 0.3 is 0 Å². The molecule has 3 aromatic carbocycles. The van der Waals surface area contributed by atoms with Crippen molar-refractivity contribution in [1.82, 2.24) is 4.57 Å². The van der Waals surface area contributed by atoms with Crippen LogP contribution in [0.5, 0.6) is 5.75 Å². The summed E-state index contributed by atoms with van der Waals surface area (Å²) in [6.07, 6.45) is 1.50. The summed E-state index contributed by atoms with van der Waals surface area (Å²) in [5.41, 5.74) is 4.90. The number of nitrogens with zero attached hydrogens (tertiary/aromatic N) is 2. The van der Waals surface area contributed by atoms with Gasteiger partial charge in [0, 0.05) is 0 Å². The van der Waals surface area contributed by atoms with Gasteiger partial charge < -0.3 is 9.84 Å². The van der Waals surface area contributed by atoms with Crippen molar-refractivity contribution in [2.24, 2.45) is 0 Å². The molecule has 0 fully saturated rings. The van der Waals surface area contributed by atoms with Gasteiger partial charge in [0.05, 0.1) is 6.54 Å². The molecule has 0 saturated heterocycles. The zero-order valence-corrected chi connectivity index (χ0v) is 16.7. The van der Waals surface area contributed by atoms with Crippen LogP contribution in [-0.2, 0) is 13.1 Å². The molecular formula is C24H27N2O2+. The SMILES string of the molecule is CCn1c[n+](C[C@@H](O)COc2ccc3ccccc3c2)c2cc(C)c(C)cc21. The third-order valence-electron chi connectivity index (χ3n) is 5.40. The van der Waals surface area contributed by atoms with E-state index in [2.05, 4.69) is 60.5 Å². The van der Waals surface area contributed by atoms with Gasteiger partial charge in [0.25, 0.3) is 0 Å². The van der Waals surface area contributed by atoms with Gasteiger partial charge in [0.2, 0.25) is 6.33 Å². The number of fused-ring (bicyclic) bond motifs is 2. The minimum absolute atomic E-state index is 0.259. The lowest BCUT2D eigenvalue weighted by Crippen LogP contribution is -2.41. The molecule has 4 heteroatoms. The highest BCUT2D eigenvalue weighted by Crippen LogP contribution is 2.21. The second-order valence-corrected chi connectivity index (χ2v) is 7.45. The van der Waals surface area contributed by atoms with E-state index in [4.69, 9.17) is 4.74 Å². The second kappa shape index (κ2) is 7.64. The van der Waals surface area contributed by atoms with E-state index >= 15 is 0 Å². The highest BCUT2D eigenvalue weighted by Gasteiger charge is 2.19. The molecule has 0 radical (unpaired) electrons. The van der Waals surface area contributed by atoms with Crippen LogP contribution in [0.1, 0.15) is 18.1 Å². The average Bonchev–Trinajstić information content (AvgIpc) is 3.03. The van der Waals surface area contributed by atoms with Crippen molar-refractivity contribution < 1.29 is 14.4 Å². The van der Waals surface area contributed by atoms with Gasteiger partial charge in [-0.05, 0) is 66.9 Å². The maximum Gasteiger partial charge on any atom is 0.244 e. The lowest BCUT2D eigenvalue weighted by molar-refractivity contribution is -0.679. The summed E-state index contributed by atoms with van der Waals surface area (Å²) in [6, 6.07) is 18.6. The number of aliphatic hydroxyl groups excluding tert-OH is 1. The van der Waals surface area contributed by atoms with Crippen LogP contribution in [0.4, 0.5) is 0 Å². The number of imidazole rings is 1. The maximum atomic E-state index is 10.6. The molecule has 4 nitrogen and oxygen atoms in total. The fourth-order valence-corrected chi connectivity index (χ4v) is 3.67. The summed E-state index contributed by atoms with van der Waals surface area (Å²) >= 11 is 0. The Hall–Kier alpha value is -2.85. The van der Waals surface area contributed by atoms with Crippen molar-refractivity contribution >= 4 is 21.8 Å². The Kier molecular flexibility index (Phi) is 5.05. The van der Waals surface area contributed by atoms with Crippen LogP contribution >= 0.6 is 0 Å². The van der Waals surface area contributed by atoms with Gasteiger partial charge in [-0.2, -0.15) is 0 Å². The van der Waals surface area contributed by atoms with Gasteiger partial charge in [-0.15, -0.1) is 0 Å². The lowest BCUT2D eigenvalue weighted by Gasteiger charge is -2.12. The molecule has 28 heavy (non-hydrogen) atoms. The number of aromatic nitrogens is 2. The largest absolute Gasteiger partial charge is 0.491 e. The highest BCUT2D eigenvalue weighted by molar-refractivity contribution is 5.83. The van der Waals surface area contributed by atoms with E-state index in [1.165, 1.54) is 22.0 Å².